The summed E-state index contributed by atoms with van der Waals surface area (Å²) in [5.74, 6) is 11.5. The summed E-state index contributed by atoms with van der Waals surface area (Å²) >= 11 is 0. The van der Waals surface area contributed by atoms with Crippen LogP contribution in [-0.2, 0) is 6.54 Å². The zero-order chi connectivity index (χ0) is 51.7. The maximum absolute atomic E-state index is 12.7. The predicted octanol–water partition coefficient (Wildman–Crippen LogP) is 11.1. The number of benzene rings is 2. The van der Waals surface area contributed by atoms with Gasteiger partial charge in [0.15, 0.2) is 0 Å². The third-order valence-electron chi connectivity index (χ3n) is 14.8. The van der Waals surface area contributed by atoms with E-state index in [0.717, 1.165) is 124 Å². The highest BCUT2D eigenvalue weighted by molar-refractivity contribution is 5.95. The van der Waals surface area contributed by atoms with Gasteiger partial charge in [-0.3, -0.25) is 29.0 Å². The zero-order valence-electron chi connectivity index (χ0n) is 44.0. The van der Waals surface area contributed by atoms with E-state index in [9.17, 15) is 14.4 Å². The van der Waals surface area contributed by atoms with Crippen LogP contribution in [0.4, 0.5) is 0 Å². The molecule has 0 bridgehead atoms. The fraction of sp³-hybridized carbons (Fsp3) is 0.426. The maximum atomic E-state index is 12.7. The number of pyridine rings is 3. The van der Waals surface area contributed by atoms with Gasteiger partial charge in [-0.25, -0.2) is 4.98 Å². The molecule has 12 nitrogen and oxygen atoms in total. The van der Waals surface area contributed by atoms with Crippen molar-refractivity contribution in [1.29, 1.82) is 0 Å². The van der Waals surface area contributed by atoms with Crippen LogP contribution in [0.3, 0.4) is 0 Å². The van der Waals surface area contributed by atoms with Gasteiger partial charge < -0.3 is 19.4 Å². The summed E-state index contributed by atoms with van der Waals surface area (Å²) in [6.45, 7) is 19.3. The van der Waals surface area contributed by atoms with E-state index in [2.05, 4.69) is 73.4 Å². The standard InChI is InChI=1S/C22H24N2O.C21H26N2O2.C18H24N4O/c1-17(2)19-12-14-24(15-13-19)22(25)20-9-11-21(23-16-20)10-8-18-6-4-3-5-7-18;1-15(2)16-10-12-23(13-11-16)21(24)18-6-9-20(22-14-18)17-4-7-19(25-3)8-5-17;1-14(2)15-6-10-21(11-7-15)18(23)16-4-5-17(19-12-16)13-22-9-3-8-20-22/h3-7,9,11,16-17,19H,12-15H2,1-2H3;4-9,14-16H,10-13H2,1-3H3;3-5,8-9,12,14-15H,6-7,10-11,13H2,1-2H3. The Morgan fingerprint density at radius 1 is 0.548 bits per heavy atom. The van der Waals surface area contributed by atoms with Gasteiger partial charge >= 0.3 is 0 Å². The minimum atomic E-state index is 0.0808. The molecule has 6 aromatic rings. The highest BCUT2D eigenvalue weighted by atomic mass is 16.5. The van der Waals surface area contributed by atoms with Crippen LogP contribution < -0.4 is 4.74 Å². The molecule has 3 amide bonds. The highest BCUT2D eigenvalue weighted by Crippen LogP contribution is 2.28. The van der Waals surface area contributed by atoms with Gasteiger partial charge in [0.05, 0.1) is 41.7 Å². The number of likely N-dealkylation sites (tertiary alicyclic amines) is 3. The highest BCUT2D eigenvalue weighted by Gasteiger charge is 2.28. The van der Waals surface area contributed by atoms with Crippen molar-refractivity contribution < 1.29 is 19.1 Å². The molecule has 73 heavy (non-hydrogen) atoms. The van der Waals surface area contributed by atoms with Crippen LogP contribution in [0.5, 0.6) is 5.75 Å². The molecule has 2 aromatic carbocycles. The molecule has 0 unspecified atom stereocenters. The first kappa shape index (κ1) is 53.7. The molecule has 382 valence electrons. The summed E-state index contributed by atoms with van der Waals surface area (Å²) in [4.78, 5) is 57.0. The quantitative estimate of drug-likeness (QED) is 0.124. The molecule has 0 spiro atoms. The molecule has 0 atom stereocenters. The Morgan fingerprint density at radius 3 is 1.42 bits per heavy atom. The van der Waals surface area contributed by atoms with E-state index >= 15 is 0 Å². The van der Waals surface area contributed by atoms with Crippen molar-refractivity contribution >= 4 is 17.7 Å². The van der Waals surface area contributed by atoms with E-state index in [1.807, 2.05) is 123 Å². The van der Waals surface area contributed by atoms with Gasteiger partial charge in [-0.15, -0.1) is 0 Å². The number of ether oxygens (including phenoxy) is 1. The first-order valence-corrected chi connectivity index (χ1v) is 26.3. The average molecular weight is 983 g/mol. The predicted molar refractivity (Wildman–Crippen MR) is 289 cm³/mol. The normalized spacial score (nSPS) is 15.5. The molecular formula is C61H74N8O4. The second-order valence-corrected chi connectivity index (χ2v) is 20.6. The fourth-order valence-electron chi connectivity index (χ4n) is 9.76. The molecule has 3 fully saturated rings. The smallest absolute Gasteiger partial charge is 0.255 e. The number of amides is 3. The molecule has 4 aromatic heterocycles. The summed E-state index contributed by atoms with van der Waals surface area (Å²) in [5, 5.41) is 4.17. The van der Waals surface area contributed by atoms with Gasteiger partial charge in [-0.2, -0.15) is 5.10 Å². The van der Waals surface area contributed by atoms with Crippen LogP contribution in [0.2, 0.25) is 0 Å². The van der Waals surface area contributed by atoms with E-state index in [1.54, 1.807) is 31.9 Å². The third-order valence-corrected chi connectivity index (χ3v) is 14.8. The Morgan fingerprint density at radius 2 is 1.03 bits per heavy atom. The van der Waals surface area contributed by atoms with E-state index in [1.165, 1.54) is 0 Å². The first-order chi connectivity index (χ1) is 35.3. The van der Waals surface area contributed by atoms with Gasteiger partial charge in [0.1, 0.15) is 11.4 Å². The molecule has 7 heterocycles. The number of rotatable bonds is 10. The molecule has 0 aliphatic carbocycles. The lowest BCUT2D eigenvalue weighted by molar-refractivity contribution is 0.0660. The number of nitrogens with zero attached hydrogens (tertiary/aromatic N) is 8. The Labute approximate surface area is 433 Å². The SMILES string of the molecule is CC(C)C1CCN(C(=O)c2ccc(C#Cc3ccccc3)nc2)CC1.CC(C)C1CCN(C(=O)c2ccc(Cn3cccn3)nc2)CC1.COc1ccc(-c2ccc(C(=O)N3CCC(C(C)C)CC3)cn2)cc1. The van der Waals surface area contributed by atoms with Gasteiger partial charge in [0, 0.05) is 81.4 Å². The monoisotopic (exact) mass is 983 g/mol. The Bertz CT molecular complexity index is 2690. The minimum Gasteiger partial charge on any atom is -0.497 e. The zero-order valence-corrected chi connectivity index (χ0v) is 44.0. The van der Waals surface area contributed by atoms with E-state index in [-0.39, 0.29) is 17.7 Å². The summed E-state index contributed by atoms with van der Waals surface area (Å²) in [6.07, 6.45) is 15.3. The lowest BCUT2D eigenvalue weighted by Crippen LogP contribution is -2.39. The summed E-state index contributed by atoms with van der Waals surface area (Å²) < 4.78 is 6.99. The Balaban J connectivity index is 0.000000160. The van der Waals surface area contributed by atoms with Crippen molar-refractivity contribution in [3.8, 4) is 28.8 Å². The second kappa shape index (κ2) is 26.5. The molecule has 0 N–H and O–H groups in total. The number of piperidine rings is 3. The summed E-state index contributed by atoms with van der Waals surface area (Å²) in [5.41, 5.74) is 6.40. The molecule has 0 radical (unpaired) electrons. The Hall–Kier alpha value is -7.13. The first-order valence-electron chi connectivity index (χ1n) is 26.3. The summed E-state index contributed by atoms with van der Waals surface area (Å²) in [6, 6.07) is 30.7. The number of hydrogen-bond donors (Lipinski definition) is 0. The van der Waals surface area contributed by atoms with Crippen LogP contribution in [0, 0.1) is 47.3 Å². The van der Waals surface area contributed by atoms with Crippen LogP contribution in [-0.4, -0.2) is 104 Å². The number of carbonyl (C=O) groups excluding carboxylic acids is 3. The van der Waals surface area contributed by atoms with Gasteiger partial charge in [-0.1, -0.05) is 65.7 Å². The fourth-order valence-corrected chi connectivity index (χ4v) is 9.76. The number of methoxy groups -OCH3 is 1. The van der Waals surface area contributed by atoms with E-state index < -0.39 is 0 Å². The van der Waals surface area contributed by atoms with Crippen LogP contribution in [0.25, 0.3) is 11.3 Å². The molecule has 0 saturated carbocycles. The van der Waals surface area contributed by atoms with Crippen molar-refractivity contribution in [1.82, 2.24) is 39.4 Å². The second-order valence-electron chi connectivity index (χ2n) is 20.6. The maximum Gasteiger partial charge on any atom is 0.255 e. The van der Waals surface area contributed by atoms with Crippen LogP contribution >= 0.6 is 0 Å². The Kier molecular flexibility index (Phi) is 19.5. The lowest BCUT2D eigenvalue weighted by atomic mass is 9.86. The number of hydrogen-bond acceptors (Lipinski definition) is 8. The minimum absolute atomic E-state index is 0.0808. The lowest BCUT2D eigenvalue weighted by Gasteiger charge is -2.33. The van der Waals surface area contributed by atoms with Crippen molar-refractivity contribution in [3.05, 3.63) is 162 Å². The van der Waals surface area contributed by atoms with Gasteiger partial charge in [-0.05, 0) is 159 Å². The van der Waals surface area contributed by atoms with Crippen molar-refractivity contribution in [2.45, 2.75) is 86.6 Å². The largest absolute Gasteiger partial charge is 0.497 e. The van der Waals surface area contributed by atoms with E-state index in [4.69, 9.17) is 4.74 Å². The van der Waals surface area contributed by atoms with Crippen molar-refractivity contribution in [2.75, 3.05) is 46.4 Å². The molecule has 9 rings (SSSR count). The van der Waals surface area contributed by atoms with Crippen LogP contribution in [0.15, 0.2) is 128 Å². The third kappa shape index (κ3) is 15.4. The molecule has 3 saturated heterocycles. The van der Waals surface area contributed by atoms with Crippen molar-refractivity contribution in [3.63, 3.8) is 0 Å². The number of carbonyl (C=O) groups is 3. The topological polar surface area (TPSA) is 127 Å². The molecule has 12 heteroatoms. The molecule has 3 aliphatic rings. The average Bonchev–Trinajstić information content (AvgIpc) is 3.96. The number of aromatic nitrogens is 5. The van der Waals surface area contributed by atoms with Gasteiger partial charge in [0.25, 0.3) is 17.7 Å². The van der Waals surface area contributed by atoms with Crippen LogP contribution in [0.1, 0.15) is 128 Å². The summed E-state index contributed by atoms with van der Waals surface area (Å²) in [7, 11) is 1.65. The van der Waals surface area contributed by atoms with Gasteiger partial charge in [0.2, 0.25) is 0 Å². The molecule has 3 aliphatic heterocycles. The van der Waals surface area contributed by atoms with E-state index in [0.29, 0.717) is 46.7 Å². The molecular weight excluding hydrogens is 909 g/mol. The van der Waals surface area contributed by atoms with Crippen molar-refractivity contribution in [2.24, 2.45) is 35.5 Å².